The molecule has 238 valence electrons. The van der Waals surface area contributed by atoms with Crippen LogP contribution in [0.25, 0.3) is 11.1 Å². The van der Waals surface area contributed by atoms with E-state index in [4.69, 9.17) is 5.73 Å². The third-order valence-corrected chi connectivity index (χ3v) is 9.42. The Balaban J connectivity index is 1.34. The van der Waals surface area contributed by atoms with E-state index in [9.17, 15) is 39.2 Å². The zero-order valence-corrected chi connectivity index (χ0v) is 25.3. The van der Waals surface area contributed by atoms with Crippen molar-refractivity contribution in [3.63, 3.8) is 0 Å². The number of likely N-dealkylation sites (N-methyl/N-ethyl adjacent to an activating group) is 1. The third-order valence-electron chi connectivity index (χ3n) is 9.42. The van der Waals surface area contributed by atoms with Crippen LogP contribution in [-0.4, -0.2) is 68.5 Å². The Hall–Kier alpha value is -4.84. The average molecular weight is 628 g/mol. The summed E-state index contributed by atoms with van der Waals surface area (Å²) in [4.78, 5) is 41.2. The minimum absolute atomic E-state index is 0.0107. The van der Waals surface area contributed by atoms with Gasteiger partial charge in [0.1, 0.15) is 28.7 Å². The molecule has 6 rings (SSSR count). The Morgan fingerprint density at radius 1 is 1.02 bits per heavy atom. The van der Waals surface area contributed by atoms with E-state index in [0.717, 1.165) is 16.7 Å². The number of phenolic OH excluding ortho intramolecular Hbond substituents is 1. The number of hydrogen-bond donors (Lipinski definition) is 6. The van der Waals surface area contributed by atoms with Crippen molar-refractivity contribution in [2.45, 2.75) is 37.6 Å². The molecule has 11 heteroatoms. The Labute approximate surface area is 264 Å². The Kier molecular flexibility index (Phi) is 7.79. The molecule has 3 aromatic rings. The number of aliphatic hydroxyl groups excluding tert-OH is 2. The lowest BCUT2D eigenvalue weighted by atomic mass is 9.58. The van der Waals surface area contributed by atoms with Crippen molar-refractivity contribution in [2.75, 3.05) is 14.1 Å². The number of fused-ring (bicyclic) bond motifs is 3. The molecule has 1 amide bonds. The number of nitrogens with two attached hydrogens (primary N) is 1. The first kappa shape index (κ1) is 31.2. The molecule has 46 heavy (non-hydrogen) atoms. The maximum atomic E-state index is 14.0. The first-order chi connectivity index (χ1) is 21.8. The lowest BCUT2D eigenvalue weighted by Gasteiger charge is -2.50. The summed E-state index contributed by atoms with van der Waals surface area (Å²) in [6.45, 7) is 1.03. The van der Waals surface area contributed by atoms with Crippen LogP contribution in [0, 0.1) is 17.7 Å². The number of aliphatic hydroxyl groups is 3. The first-order valence-corrected chi connectivity index (χ1v) is 14.9. The molecule has 0 saturated heterocycles. The van der Waals surface area contributed by atoms with Gasteiger partial charge in [-0.25, -0.2) is 4.39 Å². The van der Waals surface area contributed by atoms with E-state index < -0.39 is 58.0 Å². The number of amides is 1. The van der Waals surface area contributed by atoms with Crippen LogP contribution in [0.5, 0.6) is 5.75 Å². The zero-order chi connectivity index (χ0) is 33.1. The number of aromatic hydroxyl groups is 1. The average Bonchev–Trinajstić information content (AvgIpc) is 2.99. The topological polar surface area (TPSA) is 173 Å². The quantitative estimate of drug-likeness (QED) is 0.215. The Bertz CT molecular complexity index is 1850. The number of hydrogen-bond acceptors (Lipinski definition) is 9. The standard InChI is InChI=1S/C35H34FN3O7/c1-39(2)29-24-14-20-13-23-22(19-8-6-17(7-9-19)15-38-16-18-4-3-5-21(36)12-18)10-11-25(40)27(23)30(41)26(20)32(43)35(24,46)33(44)28(31(29)42)34(37)45/h3-12,20,24,29,38,40,42-43,46H,13-16H2,1-2H3,(H2,37,45)/t20-,24-,29?,35-/m0/s1. The van der Waals surface area contributed by atoms with Gasteiger partial charge in [0.2, 0.25) is 5.78 Å². The van der Waals surface area contributed by atoms with Crippen LogP contribution in [0.4, 0.5) is 4.39 Å². The molecule has 0 heterocycles. The number of ketones is 2. The van der Waals surface area contributed by atoms with Crippen LogP contribution in [0.15, 0.2) is 83.3 Å². The number of allylic oxidation sites excluding steroid dienone is 1. The van der Waals surface area contributed by atoms with Crippen molar-refractivity contribution in [2.24, 2.45) is 17.6 Å². The van der Waals surface area contributed by atoms with Crippen LogP contribution < -0.4 is 11.1 Å². The summed E-state index contributed by atoms with van der Waals surface area (Å²) >= 11 is 0. The van der Waals surface area contributed by atoms with E-state index in [1.165, 1.54) is 23.1 Å². The summed E-state index contributed by atoms with van der Waals surface area (Å²) in [5.74, 6) is -7.15. The van der Waals surface area contributed by atoms with E-state index in [1.54, 1.807) is 26.2 Å². The fourth-order valence-corrected chi connectivity index (χ4v) is 7.32. The number of halogens is 1. The second kappa shape index (κ2) is 11.5. The second-order valence-electron chi connectivity index (χ2n) is 12.4. The van der Waals surface area contributed by atoms with Crippen LogP contribution in [0.1, 0.15) is 33.5 Å². The number of carbonyl (C=O) groups is 3. The molecule has 0 bridgehead atoms. The molecule has 0 fully saturated rings. The van der Waals surface area contributed by atoms with Crippen LogP contribution in [-0.2, 0) is 29.1 Å². The van der Waals surface area contributed by atoms with Crippen LogP contribution >= 0.6 is 0 Å². The minimum Gasteiger partial charge on any atom is -0.510 e. The van der Waals surface area contributed by atoms with E-state index in [2.05, 4.69) is 5.32 Å². The Morgan fingerprint density at radius 2 is 1.72 bits per heavy atom. The summed E-state index contributed by atoms with van der Waals surface area (Å²) in [6.07, 6.45) is 0.200. The first-order valence-electron chi connectivity index (χ1n) is 14.9. The van der Waals surface area contributed by atoms with Gasteiger partial charge in [-0.3, -0.25) is 19.3 Å². The van der Waals surface area contributed by atoms with Crippen molar-refractivity contribution in [3.05, 3.63) is 111 Å². The van der Waals surface area contributed by atoms with Gasteiger partial charge in [0, 0.05) is 24.6 Å². The summed E-state index contributed by atoms with van der Waals surface area (Å²) in [5.41, 5.74) is 5.46. The number of Topliss-reactive ketones (excluding diaryl/α,β-unsaturated/α-hetero) is 2. The van der Waals surface area contributed by atoms with Gasteiger partial charge in [0.25, 0.3) is 5.91 Å². The van der Waals surface area contributed by atoms with Gasteiger partial charge in [-0.05, 0) is 78.9 Å². The molecule has 0 aliphatic heterocycles. The number of rotatable bonds is 7. The maximum Gasteiger partial charge on any atom is 0.255 e. The summed E-state index contributed by atoms with van der Waals surface area (Å²) in [5, 5.41) is 48.3. The highest BCUT2D eigenvalue weighted by Crippen LogP contribution is 2.53. The van der Waals surface area contributed by atoms with Crippen molar-refractivity contribution in [1.29, 1.82) is 0 Å². The van der Waals surface area contributed by atoms with Gasteiger partial charge in [0.05, 0.1) is 11.6 Å². The third kappa shape index (κ3) is 4.87. The summed E-state index contributed by atoms with van der Waals surface area (Å²) < 4.78 is 13.5. The van der Waals surface area contributed by atoms with E-state index in [-0.39, 0.29) is 35.5 Å². The fraction of sp³-hybridized carbons (Fsp3) is 0.286. The second-order valence-corrected chi connectivity index (χ2v) is 12.4. The maximum absolute atomic E-state index is 14.0. The molecule has 3 aliphatic carbocycles. The van der Waals surface area contributed by atoms with Crippen molar-refractivity contribution >= 4 is 17.5 Å². The van der Waals surface area contributed by atoms with Crippen LogP contribution in [0.2, 0.25) is 0 Å². The van der Waals surface area contributed by atoms with Gasteiger partial charge < -0.3 is 31.5 Å². The van der Waals surface area contributed by atoms with Gasteiger partial charge in [0.15, 0.2) is 11.4 Å². The minimum atomic E-state index is -2.68. The predicted molar refractivity (Wildman–Crippen MR) is 166 cm³/mol. The largest absolute Gasteiger partial charge is 0.510 e. The molecule has 0 radical (unpaired) electrons. The number of nitrogens with one attached hydrogen (secondary N) is 1. The van der Waals surface area contributed by atoms with Gasteiger partial charge >= 0.3 is 0 Å². The molecule has 3 aromatic carbocycles. The molecule has 0 aromatic heterocycles. The van der Waals surface area contributed by atoms with Crippen molar-refractivity contribution in [3.8, 4) is 16.9 Å². The predicted octanol–water partition coefficient (Wildman–Crippen LogP) is 3.22. The molecular weight excluding hydrogens is 593 g/mol. The zero-order valence-electron chi connectivity index (χ0n) is 25.3. The highest BCUT2D eigenvalue weighted by Gasteiger charge is 2.63. The number of phenols is 1. The van der Waals surface area contributed by atoms with E-state index in [1.807, 2.05) is 30.3 Å². The van der Waals surface area contributed by atoms with E-state index in [0.29, 0.717) is 24.2 Å². The molecular formula is C35H34FN3O7. The molecule has 0 spiro atoms. The number of nitrogens with zero attached hydrogens (tertiary/aromatic N) is 1. The monoisotopic (exact) mass is 627 g/mol. The molecule has 7 N–H and O–H groups in total. The SMILES string of the molecule is CN(C)C1C(O)=C(C(N)=O)C(=O)[C@@]2(O)C(O)=C3C(=O)c4c(O)ccc(-c5ccc(CNCc6cccc(F)c6)cc5)c4C[C@H]3C[C@@H]12. The lowest BCUT2D eigenvalue weighted by molar-refractivity contribution is -0.148. The molecule has 0 saturated carbocycles. The number of carbonyl (C=O) groups excluding carboxylic acids is 3. The van der Waals surface area contributed by atoms with Crippen molar-refractivity contribution < 1.29 is 39.2 Å². The smallest absolute Gasteiger partial charge is 0.255 e. The normalized spacial score (nSPS) is 24.2. The number of primary amides is 1. The summed E-state index contributed by atoms with van der Waals surface area (Å²) in [7, 11) is 3.17. The molecule has 3 aliphatic rings. The van der Waals surface area contributed by atoms with Crippen molar-refractivity contribution in [1.82, 2.24) is 10.2 Å². The fourth-order valence-electron chi connectivity index (χ4n) is 7.32. The molecule has 10 nitrogen and oxygen atoms in total. The van der Waals surface area contributed by atoms with E-state index >= 15 is 0 Å². The van der Waals surface area contributed by atoms with Gasteiger partial charge in [-0.2, -0.15) is 0 Å². The van der Waals surface area contributed by atoms with Gasteiger partial charge in [-0.1, -0.05) is 42.5 Å². The molecule has 4 atom stereocenters. The van der Waals surface area contributed by atoms with Crippen LogP contribution in [0.3, 0.4) is 0 Å². The lowest BCUT2D eigenvalue weighted by Crippen LogP contribution is -2.63. The highest BCUT2D eigenvalue weighted by atomic mass is 19.1. The summed E-state index contributed by atoms with van der Waals surface area (Å²) in [6, 6.07) is 16.1. The number of benzene rings is 3. The Morgan fingerprint density at radius 3 is 2.37 bits per heavy atom. The van der Waals surface area contributed by atoms with Gasteiger partial charge in [-0.15, -0.1) is 0 Å². The highest BCUT2D eigenvalue weighted by molar-refractivity contribution is 6.24. The molecule has 1 unspecified atom stereocenters.